The Bertz CT molecular complexity index is 2650. The van der Waals surface area contributed by atoms with Crippen molar-refractivity contribution in [2.24, 2.45) is 4.99 Å². The predicted molar refractivity (Wildman–Crippen MR) is 248 cm³/mol. The number of benzene rings is 4. The molecule has 0 radical (unpaired) electrons. The zero-order valence-electron chi connectivity index (χ0n) is 35.5. The van der Waals surface area contributed by atoms with Gasteiger partial charge >= 0.3 is 0 Å². The van der Waals surface area contributed by atoms with Crippen molar-refractivity contribution in [2.45, 2.75) is 39.7 Å². The number of carbonyl (C=O) groups excluding carboxylic acids is 1. The number of aliphatic imine (C=N–C) groups is 1. The van der Waals surface area contributed by atoms with E-state index in [9.17, 15) is 9.18 Å². The van der Waals surface area contributed by atoms with Crippen molar-refractivity contribution in [3.8, 4) is 11.5 Å². The summed E-state index contributed by atoms with van der Waals surface area (Å²) in [6.45, 7) is 15.3. The number of amides is 1. The minimum atomic E-state index is -0.299. The number of carbonyl (C=O) groups is 1. The van der Waals surface area contributed by atoms with E-state index in [0.717, 1.165) is 110 Å². The molecule has 11 nitrogen and oxygen atoms in total. The number of ether oxygens (including phenoxy) is 2. The molecule has 0 aliphatic carbocycles. The van der Waals surface area contributed by atoms with Gasteiger partial charge in [-0.3, -0.25) is 29.6 Å². The third-order valence-electron chi connectivity index (χ3n) is 12.3. The number of anilines is 3. The molecule has 320 valence electrons. The highest BCUT2D eigenvalue weighted by atomic mass is 35.5. The lowest BCUT2D eigenvalue weighted by atomic mass is 10.1. The number of halogens is 2. The quantitative estimate of drug-likeness (QED) is 0.162. The summed E-state index contributed by atoms with van der Waals surface area (Å²) in [5, 5.41) is 5.79. The highest BCUT2D eigenvalue weighted by Crippen LogP contribution is 2.34. The van der Waals surface area contributed by atoms with Gasteiger partial charge in [-0.05, 0) is 111 Å². The SMILES string of the molecule is Cc1ccc2c(N3CCN(CCc4cc5c(cc4F)OCC(=O)N5)CC3)cc(Cl)cc2n1.Cc1ccc2c(N3CCN(CCc4ccc5c(c4)N=CCO5)[C@@H](C)C3)cccc2n1. The molecule has 6 heterocycles. The van der Waals surface area contributed by atoms with Crippen LogP contribution in [0, 0.1) is 19.7 Å². The Kier molecular flexibility index (Phi) is 12.2. The third kappa shape index (κ3) is 9.33. The van der Waals surface area contributed by atoms with Crippen molar-refractivity contribution >= 4 is 68.3 Å². The molecule has 4 aliphatic rings. The molecule has 0 bridgehead atoms. The largest absolute Gasteiger partial charge is 0.486 e. The predicted octanol–water partition coefficient (Wildman–Crippen LogP) is 8.42. The summed E-state index contributed by atoms with van der Waals surface area (Å²) in [6.07, 6.45) is 3.43. The van der Waals surface area contributed by atoms with Gasteiger partial charge in [0, 0.05) is 116 Å². The molecule has 0 saturated carbocycles. The van der Waals surface area contributed by atoms with Crippen molar-refractivity contribution < 1.29 is 18.7 Å². The molecule has 2 aromatic heterocycles. The number of nitrogens with one attached hydrogen (secondary N) is 1. The van der Waals surface area contributed by atoms with Crippen molar-refractivity contribution in [1.82, 2.24) is 19.8 Å². The van der Waals surface area contributed by atoms with Crippen LogP contribution in [0.3, 0.4) is 0 Å². The summed E-state index contributed by atoms with van der Waals surface area (Å²) >= 11 is 6.37. The average Bonchev–Trinajstić information content (AvgIpc) is 3.27. The van der Waals surface area contributed by atoms with Gasteiger partial charge in [0.05, 0.1) is 16.7 Å². The lowest BCUT2D eigenvalue weighted by Gasteiger charge is -2.41. The van der Waals surface area contributed by atoms with E-state index in [-0.39, 0.29) is 18.3 Å². The Morgan fingerprint density at radius 1 is 0.774 bits per heavy atom. The van der Waals surface area contributed by atoms with Gasteiger partial charge in [0.15, 0.2) is 6.61 Å². The Balaban J connectivity index is 0.000000158. The number of rotatable bonds is 8. The summed E-state index contributed by atoms with van der Waals surface area (Å²) in [5.41, 5.74) is 9.84. The molecule has 4 aromatic carbocycles. The smallest absolute Gasteiger partial charge is 0.262 e. The topological polar surface area (TPSA) is 98.7 Å². The molecule has 1 amide bonds. The summed E-state index contributed by atoms with van der Waals surface area (Å²) in [5.74, 6) is 0.762. The molecule has 4 aliphatic heterocycles. The fourth-order valence-electron chi connectivity index (χ4n) is 8.91. The fourth-order valence-corrected chi connectivity index (χ4v) is 9.12. The number of hydrogen-bond donors (Lipinski definition) is 1. The Morgan fingerprint density at radius 2 is 1.55 bits per heavy atom. The van der Waals surface area contributed by atoms with Crippen LogP contribution in [0.5, 0.6) is 11.5 Å². The van der Waals surface area contributed by atoms with Gasteiger partial charge < -0.3 is 24.6 Å². The highest BCUT2D eigenvalue weighted by Gasteiger charge is 2.26. The maximum Gasteiger partial charge on any atom is 0.262 e. The first-order valence-corrected chi connectivity index (χ1v) is 21.9. The lowest BCUT2D eigenvalue weighted by molar-refractivity contribution is -0.118. The van der Waals surface area contributed by atoms with Gasteiger partial charge in [-0.25, -0.2) is 4.39 Å². The van der Waals surface area contributed by atoms with Crippen molar-refractivity contribution in [3.63, 3.8) is 0 Å². The number of nitrogens with zero attached hydrogens (tertiary/aromatic N) is 7. The number of piperazine rings is 2. The molecule has 0 unspecified atom stereocenters. The van der Waals surface area contributed by atoms with Crippen molar-refractivity contribution in [2.75, 3.05) is 87.2 Å². The molecule has 2 fully saturated rings. The van der Waals surface area contributed by atoms with Crippen LogP contribution in [0.2, 0.25) is 5.02 Å². The van der Waals surface area contributed by atoms with Crippen molar-refractivity contribution in [3.05, 3.63) is 118 Å². The number of aromatic nitrogens is 2. The molecule has 6 aromatic rings. The van der Waals surface area contributed by atoms with E-state index in [0.29, 0.717) is 41.1 Å². The minimum Gasteiger partial charge on any atom is -0.486 e. The second-order valence-corrected chi connectivity index (χ2v) is 17.0. The normalized spacial score (nSPS) is 17.8. The summed E-state index contributed by atoms with van der Waals surface area (Å²) < 4.78 is 25.4. The van der Waals surface area contributed by atoms with E-state index < -0.39 is 0 Å². The summed E-state index contributed by atoms with van der Waals surface area (Å²) in [6, 6.07) is 28.8. The van der Waals surface area contributed by atoms with Gasteiger partial charge in [-0.1, -0.05) is 23.7 Å². The molecule has 10 rings (SSSR count). The van der Waals surface area contributed by atoms with Crippen LogP contribution in [0.25, 0.3) is 21.8 Å². The maximum absolute atomic E-state index is 14.5. The van der Waals surface area contributed by atoms with E-state index in [4.69, 9.17) is 26.1 Å². The Morgan fingerprint density at radius 3 is 2.35 bits per heavy atom. The van der Waals surface area contributed by atoms with Gasteiger partial charge in [0.25, 0.3) is 5.91 Å². The molecule has 62 heavy (non-hydrogen) atoms. The second kappa shape index (κ2) is 18.3. The average molecular weight is 855 g/mol. The second-order valence-electron chi connectivity index (χ2n) is 16.6. The number of hydrogen-bond acceptors (Lipinski definition) is 10. The van der Waals surface area contributed by atoms with E-state index in [2.05, 4.69) is 103 Å². The van der Waals surface area contributed by atoms with Crippen LogP contribution < -0.4 is 24.6 Å². The van der Waals surface area contributed by atoms with Gasteiger partial charge in [0.1, 0.15) is 29.6 Å². The van der Waals surface area contributed by atoms with Gasteiger partial charge in [-0.2, -0.15) is 0 Å². The molecular weight excluding hydrogens is 803 g/mol. The van der Waals surface area contributed by atoms with E-state index in [1.807, 2.05) is 31.3 Å². The monoisotopic (exact) mass is 854 g/mol. The summed E-state index contributed by atoms with van der Waals surface area (Å²) in [4.78, 5) is 35.1. The highest BCUT2D eigenvalue weighted by molar-refractivity contribution is 6.31. The van der Waals surface area contributed by atoms with Crippen LogP contribution in [0.15, 0.2) is 89.9 Å². The van der Waals surface area contributed by atoms with Crippen LogP contribution in [0.4, 0.5) is 27.1 Å². The fraction of sp³-hybridized carbons (Fsp3) is 0.347. The van der Waals surface area contributed by atoms with E-state index in [1.54, 1.807) is 6.07 Å². The summed E-state index contributed by atoms with van der Waals surface area (Å²) in [7, 11) is 0. The molecule has 0 spiro atoms. The van der Waals surface area contributed by atoms with Crippen molar-refractivity contribution in [1.29, 1.82) is 0 Å². The number of aryl methyl sites for hydroxylation is 2. The van der Waals surface area contributed by atoms with Crippen LogP contribution in [-0.4, -0.2) is 110 Å². The van der Waals surface area contributed by atoms with E-state index in [1.165, 1.54) is 22.7 Å². The lowest BCUT2D eigenvalue weighted by Crippen LogP contribution is -2.52. The molecule has 1 N–H and O–H groups in total. The number of pyridine rings is 2. The van der Waals surface area contributed by atoms with Crippen LogP contribution >= 0.6 is 11.6 Å². The molecular formula is C49H52ClFN8O3. The Labute approximate surface area is 367 Å². The zero-order valence-corrected chi connectivity index (χ0v) is 36.3. The molecule has 1 atom stereocenters. The van der Waals surface area contributed by atoms with Crippen LogP contribution in [-0.2, 0) is 17.6 Å². The first-order chi connectivity index (χ1) is 30.1. The number of fused-ring (bicyclic) bond motifs is 4. The zero-order chi connectivity index (χ0) is 42.7. The van der Waals surface area contributed by atoms with Crippen LogP contribution in [0.1, 0.15) is 29.4 Å². The first kappa shape index (κ1) is 41.5. The minimum absolute atomic E-state index is 0.0757. The standard InChI is InChI=1S/C25H28N4O.C24H24ClFN4O2/c1-18-6-8-21-22(27-18)4-3-5-24(21)29-14-13-28(19(2)17-29)12-10-20-7-9-25-23(16-20)26-11-15-30-25;1-15-2-3-18-20(27-15)11-17(25)12-22(18)30-8-6-29(7-9-30)5-4-16-10-21-23(13-19(16)26)32-14-24(31)28-21/h3-9,11,16,19H,10,12-15,17H2,1-2H3;2-3,10-13H,4-9,14H2,1H3,(H,28,31)/t19-;/m0./s1. The third-order valence-corrected chi connectivity index (χ3v) is 12.5. The Hall–Kier alpha value is -5.82. The molecule has 13 heteroatoms. The van der Waals surface area contributed by atoms with Gasteiger partial charge in [-0.15, -0.1) is 0 Å². The maximum atomic E-state index is 14.5. The first-order valence-electron chi connectivity index (χ1n) is 21.6. The van der Waals surface area contributed by atoms with E-state index >= 15 is 0 Å². The molecule has 2 saturated heterocycles. The van der Waals surface area contributed by atoms with Gasteiger partial charge in [0.2, 0.25) is 0 Å².